The Morgan fingerprint density at radius 3 is 2.92 bits per heavy atom. The molecule has 2 amide bonds. The number of nitrogens with zero attached hydrogens (tertiary/aromatic N) is 9. The molecule has 16 nitrogen and oxygen atoms in total. The van der Waals surface area contributed by atoms with Crippen molar-refractivity contribution in [1.29, 1.82) is 0 Å². The van der Waals surface area contributed by atoms with Crippen LogP contribution in [0.2, 0.25) is 0 Å². The van der Waals surface area contributed by atoms with Gasteiger partial charge < -0.3 is 21.0 Å². The number of aromatic nitrogens is 7. The van der Waals surface area contributed by atoms with Crippen LogP contribution in [0.1, 0.15) is 19.7 Å². The number of carboxylic acid groups (broad SMARTS) is 1. The topological polar surface area (TPSA) is 216 Å². The number of nitrogens with two attached hydrogens (primary N) is 1. The third-order valence-electron chi connectivity index (χ3n) is 5.20. The van der Waals surface area contributed by atoms with Crippen molar-refractivity contribution in [2.75, 3.05) is 17.2 Å². The third kappa shape index (κ3) is 4.98. The minimum Gasteiger partial charge on any atom is -0.477 e. The van der Waals surface area contributed by atoms with Gasteiger partial charge in [0.1, 0.15) is 28.2 Å². The number of hydrogen-bond acceptors (Lipinski definition) is 15. The van der Waals surface area contributed by atoms with E-state index in [-0.39, 0.29) is 34.2 Å². The SMILES string of the molecule is CC(C)O/N=C(/C(=O)NC1C(=O)N2C(C(=O)O)=C(CSc3ccc4nnnn4n3)CSC12)c1nsc(N)n1. The smallest absolute Gasteiger partial charge is 0.352 e. The van der Waals surface area contributed by atoms with Crippen LogP contribution in [0.4, 0.5) is 5.13 Å². The van der Waals surface area contributed by atoms with Crippen LogP contribution in [0.25, 0.3) is 5.65 Å². The molecule has 0 aromatic carbocycles. The summed E-state index contributed by atoms with van der Waals surface area (Å²) in [6.07, 6.45) is -0.326. The Balaban J connectivity index is 1.31. The molecule has 1 saturated heterocycles. The van der Waals surface area contributed by atoms with Gasteiger partial charge in [-0.25, -0.2) is 4.79 Å². The van der Waals surface area contributed by atoms with Crippen molar-refractivity contribution in [2.24, 2.45) is 5.16 Å². The maximum Gasteiger partial charge on any atom is 0.352 e. The third-order valence-corrected chi connectivity index (χ3v) is 8.09. The van der Waals surface area contributed by atoms with E-state index in [2.05, 4.69) is 40.5 Å². The van der Waals surface area contributed by atoms with Gasteiger partial charge in [0.15, 0.2) is 10.8 Å². The molecule has 5 rings (SSSR count). The second-order valence-electron chi connectivity index (χ2n) is 8.16. The van der Waals surface area contributed by atoms with Crippen LogP contribution in [0, 0.1) is 0 Å². The standard InChI is InChI=1S/C19H19N11O5S3/c1-7(2)35-25-11(14-22-19(20)38-26-14)15(31)21-12-16(32)29-13(18(33)34)8(6-37-17(12)29)5-36-10-4-3-9-23-27-28-30(9)24-10/h3-4,7,12,17H,5-6H2,1-2H3,(H,21,31)(H,33,34)(H2,20,22,26)/b25-11+. The predicted octanol–water partition coefficient (Wildman–Crippen LogP) is -0.387. The van der Waals surface area contributed by atoms with Crippen molar-refractivity contribution in [2.45, 2.75) is 36.4 Å². The van der Waals surface area contributed by atoms with Gasteiger partial charge in [0.05, 0.1) is 0 Å². The number of nitrogen functional groups attached to an aromatic ring is 1. The van der Waals surface area contributed by atoms with Crippen LogP contribution < -0.4 is 11.1 Å². The van der Waals surface area contributed by atoms with Gasteiger partial charge in [-0.1, -0.05) is 5.16 Å². The lowest BCUT2D eigenvalue weighted by Crippen LogP contribution is -2.71. The first kappa shape index (κ1) is 25.8. The highest BCUT2D eigenvalue weighted by atomic mass is 32.2. The van der Waals surface area contributed by atoms with E-state index < -0.39 is 29.2 Å². The van der Waals surface area contributed by atoms with Gasteiger partial charge in [0.2, 0.25) is 11.5 Å². The Bertz CT molecular complexity index is 1490. The fourth-order valence-corrected chi connectivity index (χ4v) is 6.32. The number of rotatable bonds is 9. The lowest BCUT2D eigenvalue weighted by atomic mass is 10.0. The summed E-state index contributed by atoms with van der Waals surface area (Å²) in [5.74, 6) is -1.95. The van der Waals surface area contributed by atoms with E-state index in [0.717, 1.165) is 11.5 Å². The number of carboxylic acids is 1. The van der Waals surface area contributed by atoms with E-state index in [1.165, 1.54) is 33.1 Å². The molecule has 4 N–H and O–H groups in total. The zero-order chi connectivity index (χ0) is 27.0. The van der Waals surface area contributed by atoms with E-state index in [4.69, 9.17) is 10.6 Å². The van der Waals surface area contributed by atoms with Gasteiger partial charge in [0.25, 0.3) is 11.8 Å². The number of aliphatic carboxylic acids is 1. The first-order valence-electron chi connectivity index (χ1n) is 11.0. The van der Waals surface area contributed by atoms with Gasteiger partial charge in [-0.2, -0.15) is 9.36 Å². The van der Waals surface area contributed by atoms with Crippen molar-refractivity contribution < 1.29 is 24.3 Å². The van der Waals surface area contributed by atoms with E-state index in [9.17, 15) is 19.5 Å². The minimum atomic E-state index is -1.23. The maximum absolute atomic E-state index is 13.0. The molecule has 198 valence electrons. The second kappa shape index (κ2) is 10.5. The van der Waals surface area contributed by atoms with Crippen LogP contribution in [-0.2, 0) is 19.2 Å². The summed E-state index contributed by atoms with van der Waals surface area (Å²) < 4.78 is 5.27. The van der Waals surface area contributed by atoms with Crippen LogP contribution in [0.3, 0.4) is 0 Å². The quantitative estimate of drug-likeness (QED) is 0.128. The van der Waals surface area contributed by atoms with E-state index in [0.29, 0.717) is 22.0 Å². The number of nitrogens with one attached hydrogen (secondary N) is 1. The predicted molar refractivity (Wildman–Crippen MR) is 136 cm³/mol. The molecule has 3 aromatic heterocycles. The second-order valence-corrected chi connectivity index (χ2v) is 11.0. The van der Waals surface area contributed by atoms with E-state index >= 15 is 0 Å². The van der Waals surface area contributed by atoms with Gasteiger partial charge in [-0.3, -0.25) is 14.5 Å². The molecule has 0 bridgehead atoms. The fraction of sp³-hybridized carbons (Fsp3) is 0.368. The van der Waals surface area contributed by atoms with Crippen molar-refractivity contribution in [3.05, 3.63) is 29.2 Å². The normalized spacial score (nSPS) is 19.5. The lowest BCUT2D eigenvalue weighted by molar-refractivity contribution is -0.150. The van der Waals surface area contributed by atoms with Crippen LogP contribution in [-0.4, -0.2) is 97.1 Å². The number of hydrogen-bond donors (Lipinski definition) is 3. The van der Waals surface area contributed by atoms with E-state index in [1.54, 1.807) is 26.0 Å². The monoisotopic (exact) mass is 577 g/mol. The molecular formula is C19H19N11O5S3. The Labute approximate surface area is 226 Å². The number of fused-ring (bicyclic) bond motifs is 2. The average molecular weight is 578 g/mol. The number of amides is 2. The molecule has 0 spiro atoms. The number of carbonyl (C=O) groups is 3. The summed E-state index contributed by atoms with van der Waals surface area (Å²) in [6.45, 7) is 3.45. The minimum absolute atomic E-state index is 0.0375. The summed E-state index contributed by atoms with van der Waals surface area (Å²) in [5.41, 5.74) is 6.32. The van der Waals surface area contributed by atoms with Crippen molar-refractivity contribution in [3.8, 4) is 0 Å². The van der Waals surface area contributed by atoms with Gasteiger partial charge in [-0.15, -0.1) is 38.4 Å². The first-order chi connectivity index (χ1) is 18.2. The highest BCUT2D eigenvalue weighted by Gasteiger charge is 2.54. The molecule has 2 aliphatic rings. The highest BCUT2D eigenvalue weighted by Crippen LogP contribution is 2.41. The highest BCUT2D eigenvalue weighted by molar-refractivity contribution is 8.01. The zero-order valence-corrected chi connectivity index (χ0v) is 22.2. The summed E-state index contributed by atoms with van der Waals surface area (Å²) in [7, 11) is 0. The molecule has 5 heterocycles. The van der Waals surface area contributed by atoms with E-state index in [1.807, 2.05) is 0 Å². The van der Waals surface area contributed by atoms with Crippen molar-refractivity contribution in [3.63, 3.8) is 0 Å². The maximum atomic E-state index is 13.0. The van der Waals surface area contributed by atoms with Crippen molar-refractivity contribution in [1.82, 2.24) is 44.8 Å². The number of thioether (sulfide) groups is 2. The van der Waals surface area contributed by atoms with Gasteiger partial charge in [-0.05, 0) is 42.0 Å². The lowest BCUT2D eigenvalue weighted by Gasteiger charge is -2.49. The Morgan fingerprint density at radius 2 is 2.21 bits per heavy atom. The molecule has 2 atom stereocenters. The molecule has 2 unspecified atom stereocenters. The molecule has 19 heteroatoms. The number of carbonyl (C=O) groups excluding carboxylic acids is 2. The van der Waals surface area contributed by atoms with Crippen LogP contribution in [0.5, 0.6) is 0 Å². The summed E-state index contributed by atoms with van der Waals surface area (Å²) >= 11 is 3.52. The Hall–Kier alpha value is -3.84. The average Bonchev–Trinajstić information content (AvgIpc) is 3.53. The largest absolute Gasteiger partial charge is 0.477 e. The summed E-state index contributed by atoms with van der Waals surface area (Å²) in [4.78, 5) is 48.6. The van der Waals surface area contributed by atoms with Crippen molar-refractivity contribution >= 4 is 69.3 Å². The number of β-lactam (4-membered cyclic amide) rings is 1. The molecular weight excluding hydrogens is 558 g/mol. The van der Waals surface area contributed by atoms with Crippen LogP contribution >= 0.6 is 35.1 Å². The zero-order valence-electron chi connectivity index (χ0n) is 19.7. The summed E-state index contributed by atoms with van der Waals surface area (Å²) in [5, 5.41) is 31.8. The van der Waals surface area contributed by atoms with Crippen LogP contribution in [0.15, 0.2) is 33.6 Å². The molecule has 3 aromatic rings. The molecule has 0 aliphatic carbocycles. The molecule has 0 radical (unpaired) electrons. The molecule has 1 fully saturated rings. The summed E-state index contributed by atoms with van der Waals surface area (Å²) in [6, 6.07) is 2.45. The number of oxime groups is 1. The Kier molecular flexibility index (Phi) is 7.13. The molecule has 38 heavy (non-hydrogen) atoms. The molecule has 0 saturated carbocycles. The first-order valence-corrected chi connectivity index (χ1v) is 13.8. The Morgan fingerprint density at radius 1 is 1.39 bits per heavy atom. The number of tetrazole rings is 1. The van der Waals surface area contributed by atoms with Gasteiger partial charge >= 0.3 is 5.97 Å². The number of anilines is 1. The molecule has 2 aliphatic heterocycles. The fourth-order valence-electron chi connectivity index (χ4n) is 3.55. The van der Waals surface area contributed by atoms with Gasteiger partial charge in [0, 0.05) is 23.0 Å².